The summed E-state index contributed by atoms with van der Waals surface area (Å²) in [5.41, 5.74) is 8.50. The summed E-state index contributed by atoms with van der Waals surface area (Å²) in [5, 5.41) is 23.5. The Balaban J connectivity index is 1.60. The van der Waals surface area contributed by atoms with Crippen LogP contribution in [0.25, 0.3) is 10.9 Å². The monoisotopic (exact) mass is 439 g/mol. The third kappa shape index (κ3) is 5.22. The highest BCUT2D eigenvalue weighted by Gasteiger charge is 2.32. The zero-order valence-corrected chi connectivity index (χ0v) is 19.3. The summed E-state index contributed by atoms with van der Waals surface area (Å²) in [6, 6.07) is 9.01. The van der Waals surface area contributed by atoms with Gasteiger partial charge in [0.05, 0.1) is 11.1 Å². The highest BCUT2D eigenvalue weighted by molar-refractivity contribution is 6.01. The summed E-state index contributed by atoms with van der Waals surface area (Å²) in [4.78, 5) is 7.14. The van der Waals surface area contributed by atoms with E-state index < -0.39 is 6.23 Å². The predicted molar refractivity (Wildman–Crippen MR) is 129 cm³/mol. The van der Waals surface area contributed by atoms with Gasteiger partial charge in [0.1, 0.15) is 12.0 Å². The van der Waals surface area contributed by atoms with Gasteiger partial charge in [0.2, 0.25) is 5.90 Å². The van der Waals surface area contributed by atoms with Gasteiger partial charge in [-0.1, -0.05) is 30.9 Å². The molecule has 0 bridgehead atoms. The Morgan fingerprint density at radius 3 is 2.78 bits per heavy atom. The number of nitrogens with two attached hydrogens (primary N) is 1. The molecule has 0 radical (unpaired) electrons. The van der Waals surface area contributed by atoms with Crippen molar-refractivity contribution in [2.45, 2.75) is 70.7 Å². The minimum absolute atomic E-state index is 0.0360. The van der Waals surface area contributed by atoms with Gasteiger partial charge in [-0.2, -0.15) is 0 Å². The van der Waals surface area contributed by atoms with Crippen LogP contribution in [0.4, 0.5) is 5.82 Å². The molecule has 1 saturated heterocycles. The van der Waals surface area contributed by atoms with E-state index in [1.807, 2.05) is 19.1 Å². The van der Waals surface area contributed by atoms with Crippen LogP contribution in [0.15, 0.2) is 24.3 Å². The second kappa shape index (κ2) is 10.1. The van der Waals surface area contributed by atoms with Crippen molar-refractivity contribution in [1.82, 2.24) is 10.3 Å². The molecule has 4 rings (SSSR count). The number of nitrogens with zero attached hydrogens (tertiary/aromatic N) is 2. The average Bonchev–Trinajstić information content (AvgIpc) is 2.78. The number of aliphatic hydroxyl groups is 1. The highest BCUT2D eigenvalue weighted by Crippen LogP contribution is 2.30. The molecule has 2 aromatic rings. The SMILES string of the molecule is Cc1ccc2nc(N3CCC(NC4CCCCC4)C(CO)C3)c(C(=N)OC(C)N)cc2c1. The molecule has 1 aliphatic heterocycles. The number of aromatic nitrogens is 1. The van der Waals surface area contributed by atoms with Crippen LogP contribution in [-0.4, -0.2) is 54.0 Å². The number of hydrogen-bond acceptors (Lipinski definition) is 7. The van der Waals surface area contributed by atoms with E-state index in [9.17, 15) is 5.11 Å². The Labute approximate surface area is 190 Å². The summed E-state index contributed by atoms with van der Waals surface area (Å²) < 4.78 is 5.55. The number of anilines is 1. The highest BCUT2D eigenvalue weighted by atomic mass is 16.5. The Hall–Kier alpha value is -2.22. The lowest BCUT2D eigenvalue weighted by molar-refractivity contribution is 0.159. The number of pyridine rings is 1. The van der Waals surface area contributed by atoms with Crippen LogP contribution in [0.1, 0.15) is 56.6 Å². The average molecular weight is 440 g/mol. The minimum Gasteiger partial charge on any atom is -0.459 e. The normalized spacial score (nSPS) is 23.3. The van der Waals surface area contributed by atoms with E-state index in [0.717, 1.165) is 35.2 Å². The molecule has 1 aliphatic carbocycles. The van der Waals surface area contributed by atoms with Crippen molar-refractivity contribution >= 4 is 22.6 Å². The molecule has 2 aliphatic rings. The van der Waals surface area contributed by atoms with E-state index in [4.69, 9.17) is 20.9 Å². The first-order valence-electron chi connectivity index (χ1n) is 12.0. The van der Waals surface area contributed by atoms with E-state index in [1.165, 1.54) is 32.1 Å². The third-order valence-corrected chi connectivity index (χ3v) is 6.82. The van der Waals surface area contributed by atoms with Crippen molar-refractivity contribution in [2.24, 2.45) is 11.7 Å². The fourth-order valence-corrected chi connectivity index (χ4v) is 5.14. The van der Waals surface area contributed by atoms with Crippen LogP contribution < -0.4 is 16.0 Å². The van der Waals surface area contributed by atoms with E-state index >= 15 is 0 Å². The predicted octanol–water partition coefficient (Wildman–Crippen LogP) is 3.30. The first-order chi connectivity index (χ1) is 15.4. The number of nitrogens with one attached hydrogen (secondary N) is 2. The number of benzene rings is 1. The van der Waals surface area contributed by atoms with Gasteiger partial charge in [-0.05, 0) is 51.3 Å². The van der Waals surface area contributed by atoms with Gasteiger partial charge in [0, 0.05) is 43.1 Å². The van der Waals surface area contributed by atoms with Crippen LogP contribution in [0.3, 0.4) is 0 Å². The number of hydrogen-bond donors (Lipinski definition) is 4. The van der Waals surface area contributed by atoms with E-state index in [-0.39, 0.29) is 18.4 Å². The van der Waals surface area contributed by atoms with Crippen LogP contribution >= 0.6 is 0 Å². The topological polar surface area (TPSA) is 107 Å². The van der Waals surface area contributed by atoms with Crippen molar-refractivity contribution in [3.8, 4) is 0 Å². The van der Waals surface area contributed by atoms with Gasteiger partial charge >= 0.3 is 0 Å². The number of aryl methyl sites for hydroxylation is 1. The first kappa shape index (κ1) is 23.0. The van der Waals surface area contributed by atoms with Crippen LogP contribution in [0, 0.1) is 18.3 Å². The zero-order valence-electron chi connectivity index (χ0n) is 19.3. The van der Waals surface area contributed by atoms with Gasteiger partial charge in [0.15, 0.2) is 0 Å². The lowest BCUT2D eigenvalue weighted by Crippen LogP contribution is -2.54. The van der Waals surface area contributed by atoms with Crippen molar-refractivity contribution in [2.75, 3.05) is 24.6 Å². The molecular weight excluding hydrogens is 402 g/mol. The van der Waals surface area contributed by atoms with Crippen LogP contribution in [-0.2, 0) is 4.74 Å². The standard InChI is InChI=1S/C25H37N5O2/c1-16-8-9-22-18(12-16)13-21(24(27)32-17(2)26)25(29-22)30-11-10-23(19(14-30)15-31)28-20-6-4-3-5-7-20/h8-9,12-13,17,19-20,23,27-28,31H,3-7,10-11,14-15,26H2,1-2H3. The molecule has 2 fully saturated rings. The van der Waals surface area contributed by atoms with E-state index in [1.54, 1.807) is 6.92 Å². The van der Waals surface area contributed by atoms with Gasteiger partial charge in [-0.25, -0.2) is 4.98 Å². The molecule has 3 unspecified atom stereocenters. The first-order valence-corrected chi connectivity index (χ1v) is 12.0. The molecule has 3 atom stereocenters. The van der Waals surface area contributed by atoms with Gasteiger partial charge in [0.25, 0.3) is 0 Å². The summed E-state index contributed by atoms with van der Waals surface area (Å²) in [6.45, 7) is 5.42. The molecule has 2 heterocycles. The summed E-state index contributed by atoms with van der Waals surface area (Å²) in [5.74, 6) is 0.896. The zero-order chi connectivity index (χ0) is 22.7. The number of rotatable bonds is 6. The van der Waals surface area contributed by atoms with Crippen molar-refractivity contribution in [3.63, 3.8) is 0 Å². The van der Waals surface area contributed by atoms with Gasteiger partial charge in [-0.15, -0.1) is 0 Å². The van der Waals surface area contributed by atoms with Gasteiger partial charge < -0.3 is 20.1 Å². The molecule has 32 heavy (non-hydrogen) atoms. The van der Waals surface area contributed by atoms with E-state index in [0.29, 0.717) is 24.2 Å². The third-order valence-electron chi connectivity index (χ3n) is 6.82. The number of fused-ring (bicyclic) bond motifs is 1. The molecule has 174 valence electrons. The van der Waals surface area contributed by atoms with Crippen LogP contribution in [0.5, 0.6) is 0 Å². The quantitative estimate of drug-likeness (QED) is 0.313. The molecule has 1 aromatic heterocycles. The molecule has 7 heteroatoms. The lowest BCUT2D eigenvalue weighted by atomic mass is 9.89. The molecule has 5 N–H and O–H groups in total. The van der Waals surface area contributed by atoms with Crippen molar-refractivity contribution in [3.05, 3.63) is 35.4 Å². The Morgan fingerprint density at radius 1 is 1.28 bits per heavy atom. The second-order valence-electron chi connectivity index (χ2n) is 9.49. The molecule has 0 amide bonds. The molecule has 1 aromatic carbocycles. The van der Waals surface area contributed by atoms with Gasteiger partial charge in [-0.3, -0.25) is 11.1 Å². The maximum absolute atomic E-state index is 10.2. The molecule has 0 spiro atoms. The summed E-state index contributed by atoms with van der Waals surface area (Å²) >= 11 is 0. The summed E-state index contributed by atoms with van der Waals surface area (Å²) in [7, 11) is 0. The fraction of sp³-hybridized carbons (Fsp3) is 0.600. The fourth-order valence-electron chi connectivity index (χ4n) is 5.14. The van der Waals surface area contributed by atoms with Crippen molar-refractivity contribution in [1.29, 1.82) is 5.41 Å². The van der Waals surface area contributed by atoms with E-state index in [2.05, 4.69) is 22.3 Å². The lowest BCUT2D eigenvalue weighted by Gasteiger charge is -2.41. The largest absolute Gasteiger partial charge is 0.459 e. The maximum Gasteiger partial charge on any atom is 0.218 e. The molecule has 7 nitrogen and oxygen atoms in total. The van der Waals surface area contributed by atoms with Crippen molar-refractivity contribution < 1.29 is 9.84 Å². The number of aliphatic hydroxyl groups excluding tert-OH is 1. The number of piperidine rings is 1. The second-order valence-corrected chi connectivity index (χ2v) is 9.49. The Kier molecular flexibility index (Phi) is 7.28. The smallest absolute Gasteiger partial charge is 0.218 e. The minimum atomic E-state index is -0.570. The summed E-state index contributed by atoms with van der Waals surface area (Å²) in [6.07, 6.45) is 6.78. The Bertz CT molecular complexity index is 941. The maximum atomic E-state index is 10.2. The Morgan fingerprint density at radius 2 is 2.06 bits per heavy atom. The number of ether oxygens (including phenoxy) is 1. The molecule has 1 saturated carbocycles. The van der Waals surface area contributed by atoms with Crippen LogP contribution in [0.2, 0.25) is 0 Å². The molecular formula is C25H37N5O2.